The standard InChI is InChI=1S/C19H22N2O3/c1-21(2)19(23)16-8-4-15(5-9-16)13-20-18(22)12-14-6-10-17(24-3)11-7-14/h4-11H,12-13H2,1-3H3,(H,20,22). The van der Waals surface area contributed by atoms with Gasteiger partial charge in [-0.25, -0.2) is 0 Å². The summed E-state index contributed by atoms with van der Waals surface area (Å²) in [5, 5.41) is 2.88. The van der Waals surface area contributed by atoms with Gasteiger partial charge in [0.15, 0.2) is 0 Å². The largest absolute Gasteiger partial charge is 0.497 e. The first-order chi connectivity index (χ1) is 11.5. The smallest absolute Gasteiger partial charge is 0.253 e. The predicted octanol–water partition coefficient (Wildman–Crippen LogP) is 2.26. The van der Waals surface area contributed by atoms with E-state index in [0.29, 0.717) is 18.5 Å². The molecule has 2 amide bonds. The van der Waals surface area contributed by atoms with Crippen LogP contribution in [0, 0.1) is 0 Å². The molecule has 0 bridgehead atoms. The Balaban J connectivity index is 1.85. The molecule has 5 nitrogen and oxygen atoms in total. The summed E-state index contributed by atoms with van der Waals surface area (Å²) in [7, 11) is 5.05. The first-order valence-electron chi connectivity index (χ1n) is 7.70. The number of hydrogen-bond donors (Lipinski definition) is 1. The van der Waals surface area contributed by atoms with Crippen molar-refractivity contribution < 1.29 is 14.3 Å². The Labute approximate surface area is 142 Å². The second kappa shape index (κ2) is 8.15. The van der Waals surface area contributed by atoms with E-state index in [1.807, 2.05) is 36.4 Å². The maximum Gasteiger partial charge on any atom is 0.253 e. The lowest BCUT2D eigenvalue weighted by Crippen LogP contribution is -2.24. The number of hydrogen-bond acceptors (Lipinski definition) is 3. The summed E-state index contributed by atoms with van der Waals surface area (Å²) in [5.74, 6) is 0.685. The van der Waals surface area contributed by atoms with Gasteiger partial charge in [0.25, 0.3) is 5.91 Å². The minimum atomic E-state index is -0.0476. The van der Waals surface area contributed by atoms with Crippen molar-refractivity contribution in [3.8, 4) is 5.75 Å². The molecule has 5 heteroatoms. The van der Waals surface area contributed by atoms with Gasteiger partial charge >= 0.3 is 0 Å². The van der Waals surface area contributed by atoms with Crippen molar-refractivity contribution in [2.45, 2.75) is 13.0 Å². The Kier molecular flexibility index (Phi) is 5.95. The number of rotatable bonds is 6. The Morgan fingerprint density at radius 1 is 0.958 bits per heavy atom. The van der Waals surface area contributed by atoms with E-state index in [-0.39, 0.29) is 11.8 Å². The molecule has 0 saturated carbocycles. The quantitative estimate of drug-likeness (QED) is 0.886. The average molecular weight is 326 g/mol. The maximum absolute atomic E-state index is 12.0. The molecule has 0 fully saturated rings. The van der Waals surface area contributed by atoms with Gasteiger partial charge < -0.3 is 15.0 Å². The number of carbonyl (C=O) groups excluding carboxylic acids is 2. The summed E-state index contributed by atoms with van der Waals surface area (Å²) in [4.78, 5) is 25.4. The molecular weight excluding hydrogens is 304 g/mol. The van der Waals surface area contributed by atoms with Gasteiger partial charge in [0.2, 0.25) is 5.91 Å². The van der Waals surface area contributed by atoms with Crippen LogP contribution in [0.15, 0.2) is 48.5 Å². The summed E-state index contributed by atoms with van der Waals surface area (Å²) in [6.45, 7) is 0.436. The fraction of sp³-hybridized carbons (Fsp3) is 0.263. The molecule has 126 valence electrons. The topological polar surface area (TPSA) is 58.6 Å². The van der Waals surface area contributed by atoms with E-state index in [0.717, 1.165) is 16.9 Å². The number of amides is 2. The third-order valence-corrected chi connectivity index (χ3v) is 3.62. The monoisotopic (exact) mass is 326 g/mol. The number of benzene rings is 2. The van der Waals surface area contributed by atoms with Gasteiger partial charge in [-0.15, -0.1) is 0 Å². The molecule has 0 heterocycles. The van der Waals surface area contributed by atoms with Crippen LogP contribution in [-0.2, 0) is 17.8 Å². The predicted molar refractivity (Wildman–Crippen MR) is 93.0 cm³/mol. The highest BCUT2D eigenvalue weighted by Crippen LogP contribution is 2.12. The van der Waals surface area contributed by atoms with Crippen molar-refractivity contribution in [1.29, 1.82) is 0 Å². The Morgan fingerprint density at radius 2 is 1.54 bits per heavy atom. The van der Waals surface area contributed by atoms with Gasteiger partial charge in [-0.05, 0) is 35.4 Å². The lowest BCUT2D eigenvalue weighted by atomic mass is 10.1. The van der Waals surface area contributed by atoms with Crippen LogP contribution < -0.4 is 10.1 Å². The number of ether oxygens (including phenoxy) is 1. The number of nitrogens with zero attached hydrogens (tertiary/aromatic N) is 1. The normalized spacial score (nSPS) is 10.1. The van der Waals surface area contributed by atoms with Crippen LogP contribution in [0.1, 0.15) is 21.5 Å². The van der Waals surface area contributed by atoms with E-state index in [2.05, 4.69) is 5.32 Å². The molecule has 0 aliphatic carbocycles. The molecule has 0 spiro atoms. The zero-order chi connectivity index (χ0) is 17.5. The molecule has 0 atom stereocenters. The highest BCUT2D eigenvalue weighted by molar-refractivity contribution is 5.93. The van der Waals surface area contributed by atoms with Crippen LogP contribution in [0.3, 0.4) is 0 Å². The summed E-state index contributed by atoms with van der Waals surface area (Å²) in [5.41, 5.74) is 2.52. The van der Waals surface area contributed by atoms with Crippen molar-refractivity contribution in [3.63, 3.8) is 0 Å². The highest BCUT2D eigenvalue weighted by atomic mass is 16.5. The average Bonchev–Trinajstić information content (AvgIpc) is 2.60. The van der Waals surface area contributed by atoms with Crippen molar-refractivity contribution in [2.75, 3.05) is 21.2 Å². The molecular formula is C19H22N2O3. The van der Waals surface area contributed by atoms with Crippen LogP contribution in [0.5, 0.6) is 5.75 Å². The highest BCUT2D eigenvalue weighted by Gasteiger charge is 2.08. The van der Waals surface area contributed by atoms with E-state index >= 15 is 0 Å². The van der Waals surface area contributed by atoms with Gasteiger partial charge in [-0.1, -0.05) is 24.3 Å². The fourth-order valence-corrected chi connectivity index (χ4v) is 2.22. The lowest BCUT2D eigenvalue weighted by Gasteiger charge is -2.11. The Bertz CT molecular complexity index is 692. The number of nitrogens with one attached hydrogen (secondary N) is 1. The van der Waals surface area contributed by atoms with Crippen LogP contribution in [0.25, 0.3) is 0 Å². The second-order valence-corrected chi connectivity index (χ2v) is 5.70. The molecule has 0 aliphatic heterocycles. The minimum absolute atomic E-state index is 0.0370. The summed E-state index contributed by atoms with van der Waals surface area (Å²) in [6.07, 6.45) is 0.321. The molecule has 2 aromatic rings. The first-order valence-corrected chi connectivity index (χ1v) is 7.70. The van der Waals surface area contributed by atoms with Crippen molar-refractivity contribution in [2.24, 2.45) is 0 Å². The van der Waals surface area contributed by atoms with Crippen LogP contribution in [0.2, 0.25) is 0 Å². The molecule has 0 aromatic heterocycles. The van der Waals surface area contributed by atoms with E-state index in [4.69, 9.17) is 4.74 Å². The van der Waals surface area contributed by atoms with Crippen LogP contribution in [-0.4, -0.2) is 37.9 Å². The molecule has 0 aliphatic rings. The van der Waals surface area contributed by atoms with Crippen molar-refractivity contribution >= 4 is 11.8 Å². The van der Waals surface area contributed by atoms with E-state index < -0.39 is 0 Å². The summed E-state index contributed by atoms with van der Waals surface area (Å²) < 4.78 is 5.09. The van der Waals surface area contributed by atoms with E-state index in [1.54, 1.807) is 33.3 Å². The second-order valence-electron chi connectivity index (χ2n) is 5.70. The van der Waals surface area contributed by atoms with Gasteiger partial charge in [0, 0.05) is 26.2 Å². The third-order valence-electron chi connectivity index (χ3n) is 3.62. The molecule has 0 unspecified atom stereocenters. The first kappa shape index (κ1) is 17.5. The van der Waals surface area contributed by atoms with Gasteiger partial charge in [0.05, 0.1) is 13.5 Å². The summed E-state index contributed by atoms with van der Waals surface area (Å²) in [6, 6.07) is 14.7. The van der Waals surface area contributed by atoms with Gasteiger partial charge in [0.1, 0.15) is 5.75 Å². The Morgan fingerprint density at radius 3 is 2.08 bits per heavy atom. The molecule has 1 N–H and O–H groups in total. The van der Waals surface area contributed by atoms with Crippen molar-refractivity contribution in [3.05, 3.63) is 65.2 Å². The molecule has 2 rings (SSSR count). The van der Waals surface area contributed by atoms with E-state index in [1.165, 1.54) is 4.90 Å². The van der Waals surface area contributed by atoms with E-state index in [9.17, 15) is 9.59 Å². The number of carbonyl (C=O) groups is 2. The molecule has 2 aromatic carbocycles. The lowest BCUT2D eigenvalue weighted by molar-refractivity contribution is -0.120. The van der Waals surface area contributed by atoms with Gasteiger partial charge in [-0.2, -0.15) is 0 Å². The minimum Gasteiger partial charge on any atom is -0.497 e. The van der Waals surface area contributed by atoms with Gasteiger partial charge in [-0.3, -0.25) is 9.59 Å². The maximum atomic E-state index is 12.0. The number of methoxy groups -OCH3 is 1. The molecule has 0 radical (unpaired) electrons. The Hall–Kier alpha value is -2.82. The van der Waals surface area contributed by atoms with Crippen LogP contribution in [0.4, 0.5) is 0 Å². The van der Waals surface area contributed by atoms with Crippen molar-refractivity contribution in [1.82, 2.24) is 10.2 Å². The zero-order valence-electron chi connectivity index (χ0n) is 14.2. The fourth-order valence-electron chi connectivity index (χ4n) is 2.22. The zero-order valence-corrected chi connectivity index (χ0v) is 14.2. The van der Waals surface area contributed by atoms with Crippen LogP contribution >= 0.6 is 0 Å². The SMILES string of the molecule is COc1ccc(CC(=O)NCc2ccc(C(=O)N(C)C)cc2)cc1. The summed E-state index contributed by atoms with van der Waals surface area (Å²) >= 11 is 0. The third kappa shape index (κ3) is 4.84. The molecule has 0 saturated heterocycles. The molecule has 24 heavy (non-hydrogen) atoms.